The summed E-state index contributed by atoms with van der Waals surface area (Å²) in [7, 11) is 0. The van der Waals surface area contributed by atoms with Gasteiger partial charge < -0.3 is 9.72 Å². The predicted octanol–water partition coefficient (Wildman–Crippen LogP) is 3.67. The molecule has 0 radical (unpaired) electrons. The number of imidazole rings is 1. The fourth-order valence-electron chi connectivity index (χ4n) is 2.50. The van der Waals surface area contributed by atoms with Crippen LogP contribution < -0.4 is 10.4 Å². The third-order valence-corrected chi connectivity index (χ3v) is 4.69. The number of thioether (sulfide) groups is 1. The SMILES string of the molecule is O=c1[nH]c2ccccc2n1CCCSCCOc1ccc(F)cc1. The van der Waals surface area contributed by atoms with Gasteiger partial charge in [0, 0.05) is 12.3 Å². The van der Waals surface area contributed by atoms with Crippen LogP contribution in [0.15, 0.2) is 53.3 Å². The molecule has 0 aliphatic heterocycles. The number of benzene rings is 2. The molecule has 0 fully saturated rings. The minimum absolute atomic E-state index is 0.0548. The number of aromatic nitrogens is 2. The fourth-order valence-corrected chi connectivity index (χ4v) is 3.24. The zero-order valence-corrected chi connectivity index (χ0v) is 14.0. The Kier molecular flexibility index (Phi) is 5.59. The van der Waals surface area contributed by atoms with Crippen LogP contribution in [0, 0.1) is 5.82 Å². The van der Waals surface area contributed by atoms with Crippen molar-refractivity contribution in [3.63, 3.8) is 0 Å². The number of rotatable bonds is 8. The van der Waals surface area contributed by atoms with Gasteiger partial charge in [0.2, 0.25) is 0 Å². The van der Waals surface area contributed by atoms with Gasteiger partial charge in [-0.05, 0) is 48.6 Å². The highest BCUT2D eigenvalue weighted by Crippen LogP contribution is 2.13. The number of hydrogen-bond donors (Lipinski definition) is 1. The van der Waals surface area contributed by atoms with Gasteiger partial charge in [-0.1, -0.05) is 12.1 Å². The van der Waals surface area contributed by atoms with Gasteiger partial charge in [0.05, 0.1) is 17.6 Å². The van der Waals surface area contributed by atoms with Crippen molar-refractivity contribution in [2.45, 2.75) is 13.0 Å². The van der Waals surface area contributed by atoms with Gasteiger partial charge in [-0.15, -0.1) is 0 Å². The Morgan fingerprint density at radius 2 is 1.88 bits per heavy atom. The predicted molar refractivity (Wildman–Crippen MR) is 96.4 cm³/mol. The molecule has 24 heavy (non-hydrogen) atoms. The van der Waals surface area contributed by atoms with Crippen molar-refractivity contribution in [2.24, 2.45) is 0 Å². The van der Waals surface area contributed by atoms with E-state index in [1.165, 1.54) is 12.1 Å². The molecule has 0 aliphatic carbocycles. The molecular weight excluding hydrogens is 327 g/mol. The maximum atomic E-state index is 12.8. The molecule has 1 N–H and O–H groups in total. The molecular formula is C18H19FN2O2S. The summed E-state index contributed by atoms with van der Waals surface area (Å²) >= 11 is 1.78. The second-order valence-electron chi connectivity index (χ2n) is 5.37. The van der Waals surface area contributed by atoms with Gasteiger partial charge in [0.15, 0.2) is 0 Å². The molecule has 4 nitrogen and oxygen atoms in total. The number of halogens is 1. The van der Waals surface area contributed by atoms with Crippen LogP contribution in [0.2, 0.25) is 0 Å². The molecule has 1 heterocycles. The zero-order chi connectivity index (χ0) is 16.8. The normalized spacial score (nSPS) is 11.0. The lowest BCUT2D eigenvalue weighted by Crippen LogP contribution is -2.17. The van der Waals surface area contributed by atoms with E-state index in [0.29, 0.717) is 18.9 Å². The smallest absolute Gasteiger partial charge is 0.326 e. The van der Waals surface area contributed by atoms with Crippen LogP contribution in [0.25, 0.3) is 11.0 Å². The Morgan fingerprint density at radius 1 is 1.08 bits per heavy atom. The lowest BCUT2D eigenvalue weighted by Gasteiger charge is -2.06. The van der Waals surface area contributed by atoms with Crippen molar-refractivity contribution in [3.05, 3.63) is 64.8 Å². The van der Waals surface area contributed by atoms with Crippen molar-refractivity contribution in [1.82, 2.24) is 9.55 Å². The molecule has 6 heteroatoms. The summed E-state index contributed by atoms with van der Waals surface area (Å²) in [5, 5.41) is 0. The highest BCUT2D eigenvalue weighted by atomic mass is 32.2. The van der Waals surface area contributed by atoms with Crippen molar-refractivity contribution < 1.29 is 9.13 Å². The number of ether oxygens (including phenoxy) is 1. The number of H-pyrrole nitrogens is 1. The number of aryl methyl sites for hydroxylation is 1. The first kappa shape index (κ1) is 16.6. The summed E-state index contributed by atoms with van der Waals surface area (Å²) in [5.41, 5.74) is 1.77. The second-order valence-corrected chi connectivity index (χ2v) is 6.59. The minimum atomic E-state index is -0.260. The van der Waals surface area contributed by atoms with Crippen molar-refractivity contribution >= 4 is 22.8 Å². The first-order valence-corrected chi connectivity index (χ1v) is 9.03. The van der Waals surface area contributed by atoms with Crippen LogP contribution in [-0.2, 0) is 6.54 Å². The van der Waals surface area contributed by atoms with Gasteiger partial charge in [0.1, 0.15) is 11.6 Å². The number of para-hydroxylation sites is 2. The quantitative estimate of drug-likeness (QED) is 0.633. The lowest BCUT2D eigenvalue weighted by atomic mass is 10.3. The fraction of sp³-hybridized carbons (Fsp3) is 0.278. The third-order valence-electron chi connectivity index (χ3n) is 3.66. The van der Waals surface area contributed by atoms with E-state index in [0.717, 1.165) is 29.0 Å². The lowest BCUT2D eigenvalue weighted by molar-refractivity contribution is 0.343. The highest BCUT2D eigenvalue weighted by Gasteiger charge is 2.05. The summed E-state index contributed by atoms with van der Waals surface area (Å²) in [5.74, 6) is 2.24. The number of hydrogen-bond acceptors (Lipinski definition) is 3. The Morgan fingerprint density at radius 3 is 2.71 bits per heavy atom. The molecule has 1 aromatic heterocycles. The van der Waals surface area contributed by atoms with Crippen LogP contribution in [0.1, 0.15) is 6.42 Å². The molecule has 0 spiro atoms. The maximum absolute atomic E-state index is 12.8. The highest BCUT2D eigenvalue weighted by molar-refractivity contribution is 7.99. The van der Waals surface area contributed by atoms with E-state index in [4.69, 9.17) is 4.74 Å². The van der Waals surface area contributed by atoms with Crippen LogP contribution in [0.3, 0.4) is 0 Å². The van der Waals surface area contributed by atoms with E-state index in [-0.39, 0.29) is 11.5 Å². The topological polar surface area (TPSA) is 47.0 Å². The first-order chi connectivity index (χ1) is 11.7. The largest absolute Gasteiger partial charge is 0.493 e. The van der Waals surface area contributed by atoms with Gasteiger partial charge in [0.25, 0.3) is 0 Å². The number of nitrogens with one attached hydrogen (secondary N) is 1. The van der Waals surface area contributed by atoms with E-state index < -0.39 is 0 Å². The van der Waals surface area contributed by atoms with Crippen molar-refractivity contribution in [2.75, 3.05) is 18.1 Å². The molecule has 126 valence electrons. The summed E-state index contributed by atoms with van der Waals surface area (Å²) in [6, 6.07) is 13.8. The third kappa shape index (κ3) is 4.20. The molecule has 0 saturated carbocycles. The van der Waals surface area contributed by atoms with E-state index in [2.05, 4.69) is 4.98 Å². The summed E-state index contributed by atoms with van der Waals surface area (Å²) in [6.45, 7) is 1.29. The summed E-state index contributed by atoms with van der Waals surface area (Å²) in [6.07, 6.45) is 0.920. The van der Waals surface area contributed by atoms with Crippen LogP contribution in [0.4, 0.5) is 4.39 Å². The molecule has 0 bridgehead atoms. The average molecular weight is 346 g/mol. The van der Waals surface area contributed by atoms with E-state index in [1.54, 1.807) is 28.5 Å². The van der Waals surface area contributed by atoms with Crippen LogP contribution >= 0.6 is 11.8 Å². The molecule has 0 aliphatic rings. The number of fused-ring (bicyclic) bond motifs is 1. The first-order valence-electron chi connectivity index (χ1n) is 7.88. The average Bonchev–Trinajstić information content (AvgIpc) is 2.91. The van der Waals surface area contributed by atoms with E-state index in [1.807, 2.05) is 24.3 Å². The maximum Gasteiger partial charge on any atom is 0.326 e. The number of nitrogens with zero attached hydrogens (tertiary/aromatic N) is 1. The Bertz CT molecular complexity index is 842. The molecule has 2 aromatic carbocycles. The molecule has 3 aromatic rings. The Hall–Kier alpha value is -2.21. The van der Waals surface area contributed by atoms with Crippen LogP contribution in [0.5, 0.6) is 5.75 Å². The van der Waals surface area contributed by atoms with Crippen LogP contribution in [-0.4, -0.2) is 27.7 Å². The molecule has 0 saturated heterocycles. The molecule has 0 amide bonds. The number of aromatic amines is 1. The summed E-state index contributed by atoms with van der Waals surface area (Å²) < 4.78 is 20.1. The van der Waals surface area contributed by atoms with E-state index >= 15 is 0 Å². The molecule has 0 atom stereocenters. The van der Waals surface area contributed by atoms with E-state index in [9.17, 15) is 9.18 Å². The van der Waals surface area contributed by atoms with Gasteiger partial charge in [-0.2, -0.15) is 11.8 Å². The minimum Gasteiger partial charge on any atom is -0.493 e. The Balaban J connectivity index is 1.37. The standard InChI is InChI=1S/C18H19FN2O2S/c19-14-6-8-15(9-7-14)23-11-13-24-12-3-10-21-17-5-2-1-4-16(17)20-18(21)22/h1-2,4-9H,3,10-13H2,(H,20,22). The van der Waals surface area contributed by atoms with Gasteiger partial charge in [-0.25, -0.2) is 9.18 Å². The van der Waals surface area contributed by atoms with Gasteiger partial charge >= 0.3 is 5.69 Å². The van der Waals surface area contributed by atoms with Gasteiger partial charge in [-0.3, -0.25) is 4.57 Å². The van der Waals surface area contributed by atoms with Crippen molar-refractivity contribution in [1.29, 1.82) is 0 Å². The monoisotopic (exact) mass is 346 g/mol. The molecule has 0 unspecified atom stereocenters. The zero-order valence-electron chi connectivity index (χ0n) is 13.2. The Labute approximate surface area is 143 Å². The molecule has 3 rings (SSSR count). The summed E-state index contributed by atoms with van der Waals surface area (Å²) in [4.78, 5) is 14.8. The van der Waals surface area contributed by atoms with Crippen molar-refractivity contribution in [3.8, 4) is 5.75 Å². The second kappa shape index (κ2) is 8.06.